The van der Waals surface area contributed by atoms with Crippen molar-refractivity contribution < 1.29 is 9.59 Å². The Kier molecular flexibility index (Phi) is 9.68. The van der Waals surface area contributed by atoms with Crippen LogP contribution in [0.3, 0.4) is 0 Å². The minimum Gasteiger partial charge on any atom is -0.361 e. The highest BCUT2D eigenvalue weighted by Gasteiger charge is 2.23. The number of nitrogens with one attached hydrogen (secondary N) is 2. The van der Waals surface area contributed by atoms with Crippen molar-refractivity contribution in [2.45, 2.75) is 32.7 Å². The monoisotopic (exact) mass is 550 g/mol. The second-order valence-electron chi connectivity index (χ2n) is 9.21. The zero-order chi connectivity index (χ0) is 26.9. The number of carbonyl (C=O) groups is 2. The van der Waals surface area contributed by atoms with Gasteiger partial charge in [-0.3, -0.25) is 4.79 Å². The quantitative estimate of drug-likeness (QED) is 0.204. The van der Waals surface area contributed by atoms with Crippen LogP contribution in [0.1, 0.15) is 30.9 Å². The molecule has 0 aliphatic rings. The first-order valence-corrected chi connectivity index (χ1v) is 13.6. The number of hydrogen-bond acceptors (Lipinski definition) is 2. The third-order valence-electron chi connectivity index (χ3n) is 6.48. The summed E-state index contributed by atoms with van der Waals surface area (Å²) in [4.78, 5) is 33.6. The summed E-state index contributed by atoms with van der Waals surface area (Å²) in [6.45, 7) is 3.43. The van der Waals surface area contributed by atoms with Gasteiger partial charge < -0.3 is 20.1 Å². The van der Waals surface area contributed by atoms with E-state index in [0.717, 1.165) is 34.9 Å². The van der Waals surface area contributed by atoms with Crippen LogP contribution in [0.25, 0.3) is 10.9 Å². The van der Waals surface area contributed by atoms with Crippen LogP contribution in [0.15, 0.2) is 79.0 Å². The average molecular weight is 552 g/mol. The number of urea groups is 1. The number of aromatic amines is 1. The van der Waals surface area contributed by atoms with Gasteiger partial charge in [0.2, 0.25) is 5.91 Å². The number of amides is 3. The van der Waals surface area contributed by atoms with Gasteiger partial charge in [-0.1, -0.05) is 91.1 Å². The van der Waals surface area contributed by atoms with E-state index in [1.165, 1.54) is 4.90 Å². The van der Waals surface area contributed by atoms with Crippen molar-refractivity contribution in [1.82, 2.24) is 14.8 Å². The van der Waals surface area contributed by atoms with E-state index in [-0.39, 0.29) is 12.5 Å². The largest absolute Gasteiger partial charge is 0.361 e. The van der Waals surface area contributed by atoms with E-state index in [2.05, 4.69) is 16.4 Å². The van der Waals surface area contributed by atoms with Crippen molar-refractivity contribution in [3.05, 3.63) is 100 Å². The molecule has 0 atom stereocenters. The third-order valence-corrected chi connectivity index (χ3v) is 7.11. The van der Waals surface area contributed by atoms with Gasteiger partial charge in [0, 0.05) is 36.7 Å². The van der Waals surface area contributed by atoms with Gasteiger partial charge in [-0.15, -0.1) is 0 Å². The molecule has 0 saturated heterocycles. The lowest BCUT2D eigenvalue weighted by Gasteiger charge is -2.28. The minimum atomic E-state index is -0.405. The Bertz CT molecular complexity index is 1350. The van der Waals surface area contributed by atoms with Crippen molar-refractivity contribution in [2.75, 3.05) is 25.0 Å². The Morgan fingerprint density at radius 2 is 1.58 bits per heavy atom. The second-order valence-corrected chi connectivity index (χ2v) is 10.0. The van der Waals surface area contributed by atoms with Crippen molar-refractivity contribution in [1.29, 1.82) is 0 Å². The molecule has 0 bridgehead atoms. The third kappa shape index (κ3) is 7.09. The summed E-state index contributed by atoms with van der Waals surface area (Å²) in [5.41, 5.74) is 3.60. The molecule has 3 aromatic carbocycles. The highest BCUT2D eigenvalue weighted by molar-refractivity contribution is 6.39. The summed E-state index contributed by atoms with van der Waals surface area (Å²) in [5.74, 6) is -0.120. The summed E-state index contributed by atoms with van der Waals surface area (Å²) in [6, 6.07) is 22.7. The fraction of sp³-hybridized carbons (Fsp3) is 0.267. The number of halogens is 2. The maximum absolute atomic E-state index is 13.7. The zero-order valence-electron chi connectivity index (χ0n) is 21.4. The molecule has 4 rings (SSSR count). The standard InChI is InChI=1S/C30H32Cl2N4O2/c1-2-3-17-36(30(38)34-29-25(31)13-9-14-26(29)32)21-28(37)35(20-22-10-5-4-6-11-22)18-16-23-19-33-27-15-8-7-12-24(23)27/h4-15,19,33H,2-3,16-18,20-21H2,1H3,(H,34,38). The highest BCUT2D eigenvalue weighted by Crippen LogP contribution is 2.30. The lowest BCUT2D eigenvalue weighted by Crippen LogP contribution is -2.45. The van der Waals surface area contributed by atoms with Gasteiger partial charge in [0.1, 0.15) is 6.54 Å². The molecule has 0 fully saturated rings. The first-order chi connectivity index (χ1) is 18.5. The van der Waals surface area contributed by atoms with Gasteiger partial charge in [-0.25, -0.2) is 4.79 Å². The molecule has 0 radical (unpaired) electrons. The molecule has 198 valence electrons. The molecular formula is C30H32Cl2N4O2. The molecule has 6 nitrogen and oxygen atoms in total. The molecule has 0 saturated carbocycles. The van der Waals surface area contributed by atoms with Crippen LogP contribution in [0.2, 0.25) is 10.0 Å². The lowest BCUT2D eigenvalue weighted by atomic mass is 10.1. The number of hydrogen-bond donors (Lipinski definition) is 2. The first-order valence-electron chi connectivity index (χ1n) is 12.8. The summed E-state index contributed by atoms with van der Waals surface area (Å²) in [6.07, 6.45) is 4.35. The van der Waals surface area contributed by atoms with E-state index in [1.807, 2.05) is 66.6 Å². The zero-order valence-corrected chi connectivity index (χ0v) is 22.9. The maximum Gasteiger partial charge on any atom is 0.322 e. The molecule has 1 heterocycles. The smallest absolute Gasteiger partial charge is 0.322 e. The van der Waals surface area contributed by atoms with Gasteiger partial charge in [-0.2, -0.15) is 0 Å². The van der Waals surface area contributed by atoms with Crippen LogP contribution in [-0.4, -0.2) is 46.4 Å². The number of aromatic nitrogens is 1. The molecule has 8 heteroatoms. The van der Waals surface area contributed by atoms with Crippen molar-refractivity contribution in [3.63, 3.8) is 0 Å². The predicted molar refractivity (Wildman–Crippen MR) is 156 cm³/mol. The first kappa shape index (κ1) is 27.6. The van der Waals surface area contributed by atoms with Gasteiger partial charge in [-0.05, 0) is 42.2 Å². The van der Waals surface area contributed by atoms with Crippen molar-refractivity contribution in [3.8, 4) is 0 Å². The van der Waals surface area contributed by atoms with Crippen LogP contribution in [0, 0.1) is 0 Å². The number of nitrogens with zero attached hydrogens (tertiary/aromatic N) is 2. The van der Waals surface area contributed by atoms with Gasteiger partial charge in [0.15, 0.2) is 0 Å². The Hall–Kier alpha value is -3.48. The van der Waals surface area contributed by atoms with Crippen LogP contribution < -0.4 is 5.32 Å². The van der Waals surface area contributed by atoms with E-state index in [1.54, 1.807) is 18.2 Å². The van der Waals surface area contributed by atoms with Crippen LogP contribution in [0.5, 0.6) is 0 Å². The Morgan fingerprint density at radius 3 is 2.32 bits per heavy atom. The number of para-hydroxylation sites is 2. The van der Waals surface area contributed by atoms with Gasteiger partial charge in [0.05, 0.1) is 15.7 Å². The number of benzene rings is 3. The normalized spacial score (nSPS) is 10.9. The van der Waals surface area contributed by atoms with Crippen molar-refractivity contribution in [2.24, 2.45) is 0 Å². The van der Waals surface area contributed by atoms with Crippen LogP contribution >= 0.6 is 23.2 Å². The summed E-state index contributed by atoms with van der Waals surface area (Å²) >= 11 is 12.5. The van der Waals surface area contributed by atoms with E-state index in [4.69, 9.17) is 23.2 Å². The van der Waals surface area contributed by atoms with E-state index >= 15 is 0 Å². The summed E-state index contributed by atoms with van der Waals surface area (Å²) < 4.78 is 0. The maximum atomic E-state index is 13.7. The number of rotatable bonds is 11. The van der Waals surface area contributed by atoms with Gasteiger partial charge >= 0.3 is 6.03 Å². The minimum absolute atomic E-state index is 0.0470. The predicted octanol–water partition coefficient (Wildman–Crippen LogP) is 7.38. The molecule has 0 unspecified atom stereocenters. The number of carbonyl (C=O) groups excluding carboxylic acids is 2. The van der Waals surface area contributed by atoms with Gasteiger partial charge in [0.25, 0.3) is 0 Å². The SMILES string of the molecule is CCCCN(CC(=O)N(CCc1c[nH]c2ccccc12)Cc1ccccc1)C(=O)Nc1c(Cl)cccc1Cl. The Labute approximate surface area is 233 Å². The topological polar surface area (TPSA) is 68.4 Å². The molecule has 2 N–H and O–H groups in total. The number of H-pyrrole nitrogens is 1. The van der Waals surface area contributed by atoms with Crippen LogP contribution in [-0.2, 0) is 17.8 Å². The molecule has 0 aliphatic heterocycles. The molecule has 0 aliphatic carbocycles. The van der Waals surface area contributed by atoms with Crippen molar-refractivity contribution >= 4 is 51.7 Å². The molecule has 1 aromatic heterocycles. The molecular weight excluding hydrogens is 519 g/mol. The lowest BCUT2D eigenvalue weighted by molar-refractivity contribution is -0.132. The number of fused-ring (bicyclic) bond motifs is 1. The van der Waals surface area contributed by atoms with E-state index < -0.39 is 6.03 Å². The van der Waals surface area contributed by atoms with Crippen LogP contribution in [0.4, 0.5) is 10.5 Å². The Balaban J connectivity index is 1.51. The Morgan fingerprint density at radius 1 is 0.868 bits per heavy atom. The average Bonchev–Trinajstić information content (AvgIpc) is 3.34. The molecule has 0 spiro atoms. The molecule has 3 amide bonds. The summed E-state index contributed by atoms with van der Waals surface area (Å²) in [5, 5.41) is 4.65. The van der Waals surface area contributed by atoms with E-state index in [9.17, 15) is 9.59 Å². The summed E-state index contributed by atoms with van der Waals surface area (Å²) in [7, 11) is 0. The number of anilines is 1. The molecule has 38 heavy (non-hydrogen) atoms. The fourth-order valence-electron chi connectivity index (χ4n) is 4.36. The van der Waals surface area contributed by atoms with E-state index in [0.29, 0.717) is 41.8 Å². The number of unbranched alkanes of at least 4 members (excludes halogenated alkanes) is 1. The molecule has 4 aromatic rings. The highest BCUT2D eigenvalue weighted by atomic mass is 35.5. The second kappa shape index (κ2) is 13.4. The fourth-order valence-corrected chi connectivity index (χ4v) is 4.85.